The number of allylic oxidation sites excluding steroid dienone is 4. The van der Waals surface area contributed by atoms with Crippen LogP contribution in [0.3, 0.4) is 0 Å². The lowest BCUT2D eigenvalue weighted by molar-refractivity contribution is 0.797. The third-order valence-electron chi connectivity index (χ3n) is 8.24. The molecule has 0 saturated heterocycles. The van der Waals surface area contributed by atoms with Gasteiger partial charge in [-0.25, -0.2) is 0 Å². The molecule has 0 nitrogen and oxygen atoms in total. The van der Waals surface area contributed by atoms with Gasteiger partial charge in [0.15, 0.2) is 8.07 Å². The molecule has 0 bridgehead atoms. The quantitative estimate of drug-likeness (QED) is 0.191. The van der Waals surface area contributed by atoms with E-state index in [-0.39, 0.29) is 0 Å². The Kier molecular flexibility index (Phi) is 8.75. The van der Waals surface area contributed by atoms with E-state index in [0.29, 0.717) is 17.8 Å². The fourth-order valence-corrected chi connectivity index (χ4v) is 11.3. The van der Waals surface area contributed by atoms with Gasteiger partial charge in [0.25, 0.3) is 0 Å². The van der Waals surface area contributed by atoms with Gasteiger partial charge in [-0.1, -0.05) is 151 Å². The molecule has 1 heteroatoms. The molecule has 0 saturated carbocycles. The van der Waals surface area contributed by atoms with Gasteiger partial charge in [0.2, 0.25) is 0 Å². The second kappa shape index (κ2) is 11.8. The molecule has 0 fully saturated rings. The van der Waals surface area contributed by atoms with Crippen LogP contribution in [0.15, 0.2) is 95.7 Å². The standard InChI is InChI=1S/C36H46Si/c1-8-9-14-29-15-13-22-36(29)37(33-19-10-16-30(23-33)26(2)3,34-20-11-17-31(24-34)27(4)5)35-21-12-18-32(25-35)28(6)7/h10-13,15-21,23-28H,8-9,14,22H2,1-7H3. The van der Waals surface area contributed by atoms with Crippen molar-refractivity contribution in [3.8, 4) is 0 Å². The molecule has 0 heterocycles. The van der Waals surface area contributed by atoms with Crippen molar-refractivity contribution in [3.05, 3.63) is 112 Å². The van der Waals surface area contributed by atoms with Gasteiger partial charge in [-0.3, -0.25) is 0 Å². The molecule has 0 N–H and O–H groups in total. The van der Waals surface area contributed by atoms with Crippen LogP contribution in [0.5, 0.6) is 0 Å². The van der Waals surface area contributed by atoms with Gasteiger partial charge < -0.3 is 0 Å². The molecular formula is C36H46Si. The Hall–Kier alpha value is -2.64. The molecule has 3 aromatic carbocycles. The smallest absolute Gasteiger partial charge is 0.0805 e. The SMILES string of the molecule is CCCCC1=C([Si](c2cccc(C(C)C)c2)(c2cccc(C(C)C)c2)c2cccc(C(C)C)c2)CC=C1. The lowest BCUT2D eigenvalue weighted by Crippen LogP contribution is -2.69. The minimum absolute atomic E-state index is 0.505. The van der Waals surface area contributed by atoms with Gasteiger partial charge in [-0.2, -0.15) is 0 Å². The molecule has 37 heavy (non-hydrogen) atoms. The van der Waals surface area contributed by atoms with Crippen LogP contribution < -0.4 is 15.6 Å². The highest BCUT2D eigenvalue weighted by Gasteiger charge is 2.45. The third-order valence-corrected chi connectivity index (χ3v) is 13.2. The summed E-state index contributed by atoms with van der Waals surface area (Å²) in [6.45, 7) is 16.3. The molecule has 0 atom stereocenters. The Labute approximate surface area is 227 Å². The first-order valence-corrected chi connectivity index (χ1v) is 16.5. The van der Waals surface area contributed by atoms with Gasteiger partial charge in [0.1, 0.15) is 0 Å². The molecule has 0 amide bonds. The van der Waals surface area contributed by atoms with Crippen molar-refractivity contribution >= 4 is 23.6 Å². The van der Waals surface area contributed by atoms with E-state index in [4.69, 9.17) is 0 Å². The first-order valence-electron chi connectivity index (χ1n) is 14.5. The molecule has 1 aliphatic carbocycles. The van der Waals surface area contributed by atoms with E-state index in [2.05, 4.69) is 133 Å². The zero-order valence-corrected chi connectivity index (χ0v) is 25.1. The highest BCUT2D eigenvalue weighted by atomic mass is 28.3. The maximum absolute atomic E-state index is 2.56. The monoisotopic (exact) mass is 506 g/mol. The molecule has 194 valence electrons. The maximum Gasteiger partial charge on any atom is 0.176 e. The van der Waals surface area contributed by atoms with Crippen molar-refractivity contribution in [2.75, 3.05) is 0 Å². The summed E-state index contributed by atoms with van der Waals surface area (Å²) in [6, 6.07) is 28.9. The van der Waals surface area contributed by atoms with Gasteiger partial charge in [-0.05, 0) is 69.3 Å². The summed E-state index contributed by atoms with van der Waals surface area (Å²) in [5, 5.41) is 6.30. The lowest BCUT2D eigenvalue weighted by atomic mass is 10.0. The Morgan fingerprint density at radius 2 is 1.08 bits per heavy atom. The van der Waals surface area contributed by atoms with E-state index in [9.17, 15) is 0 Å². The van der Waals surface area contributed by atoms with Crippen LogP contribution in [0.2, 0.25) is 0 Å². The summed E-state index contributed by atoms with van der Waals surface area (Å²) in [4.78, 5) is 0. The fourth-order valence-electron chi connectivity index (χ4n) is 5.96. The van der Waals surface area contributed by atoms with E-state index >= 15 is 0 Å². The van der Waals surface area contributed by atoms with Gasteiger partial charge >= 0.3 is 0 Å². The van der Waals surface area contributed by atoms with Crippen LogP contribution in [0.1, 0.15) is 109 Å². The van der Waals surface area contributed by atoms with Crippen LogP contribution in [-0.2, 0) is 0 Å². The number of hydrogen-bond donors (Lipinski definition) is 0. The highest BCUT2D eigenvalue weighted by Crippen LogP contribution is 2.33. The van der Waals surface area contributed by atoms with Crippen LogP contribution in [0, 0.1) is 0 Å². The number of hydrogen-bond acceptors (Lipinski definition) is 0. The molecule has 1 aliphatic rings. The maximum atomic E-state index is 2.56. The van der Waals surface area contributed by atoms with Crippen LogP contribution in [0.4, 0.5) is 0 Å². The Morgan fingerprint density at radius 1 is 0.649 bits per heavy atom. The van der Waals surface area contributed by atoms with Crippen LogP contribution in [-0.4, -0.2) is 8.07 Å². The first-order chi connectivity index (χ1) is 17.8. The summed E-state index contributed by atoms with van der Waals surface area (Å²) in [7, 11) is -2.52. The van der Waals surface area contributed by atoms with E-state index in [1.165, 1.54) is 51.5 Å². The average Bonchev–Trinajstić information content (AvgIpc) is 3.37. The van der Waals surface area contributed by atoms with Crippen LogP contribution >= 0.6 is 0 Å². The number of rotatable bonds is 10. The molecule has 0 aromatic heterocycles. The normalized spacial score (nSPS) is 14.0. The van der Waals surface area contributed by atoms with Crippen molar-refractivity contribution in [2.24, 2.45) is 0 Å². The second-order valence-corrected chi connectivity index (χ2v) is 15.6. The Morgan fingerprint density at radius 3 is 1.46 bits per heavy atom. The summed E-state index contributed by atoms with van der Waals surface area (Å²) < 4.78 is 0. The zero-order chi connectivity index (χ0) is 26.6. The summed E-state index contributed by atoms with van der Waals surface area (Å²) in [5.41, 5.74) is 5.91. The minimum Gasteiger partial charge on any atom is -0.0805 e. The first kappa shape index (κ1) is 27.4. The third kappa shape index (κ3) is 5.48. The van der Waals surface area contributed by atoms with Crippen molar-refractivity contribution in [3.63, 3.8) is 0 Å². The molecule has 0 spiro atoms. The number of unbranched alkanes of at least 4 members (excludes halogenated alkanes) is 1. The predicted molar refractivity (Wildman–Crippen MR) is 167 cm³/mol. The largest absolute Gasteiger partial charge is 0.176 e. The second-order valence-electron chi connectivity index (χ2n) is 11.8. The van der Waals surface area contributed by atoms with Gasteiger partial charge in [-0.15, -0.1) is 0 Å². The molecule has 0 unspecified atom stereocenters. The molecule has 3 aromatic rings. The predicted octanol–water partition coefficient (Wildman–Crippen LogP) is 8.51. The van der Waals surface area contributed by atoms with Gasteiger partial charge in [0, 0.05) is 0 Å². The molecular weight excluding hydrogens is 460 g/mol. The van der Waals surface area contributed by atoms with Gasteiger partial charge in [0.05, 0.1) is 0 Å². The molecule has 0 radical (unpaired) electrons. The zero-order valence-electron chi connectivity index (χ0n) is 24.1. The Bertz CT molecular complexity index is 1150. The summed E-state index contributed by atoms with van der Waals surface area (Å²) in [6.07, 6.45) is 9.61. The fraction of sp³-hybridized carbons (Fsp3) is 0.389. The minimum atomic E-state index is -2.52. The molecule has 0 aliphatic heterocycles. The number of benzene rings is 3. The van der Waals surface area contributed by atoms with E-state index in [1.807, 2.05) is 0 Å². The van der Waals surface area contributed by atoms with E-state index < -0.39 is 8.07 Å². The van der Waals surface area contributed by atoms with Crippen molar-refractivity contribution < 1.29 is 0 Å². The van der Waals surface area contributed by atoms with E-state index in [0.717, 1.165) is 6.42 Å². The van der Waals surface area contributed by atoms with Crippen LogP contribution in [0.25, 0.3) is 0 Å². The van der Waals surface area contributed by atoms with Crippen molar-refractivity contribution in [1.29, 1.82) is 0 Å². The van der Waals surface area contributed by atoms with E-state index in [1.54, 1.807) is 10.8 Å². The molecule has 4 rings (SSSR count). The summed E-state index contributed by atoms with van der Waals surface area (Å²) >= 11 is 0. The lowest BCUT2D eigenvalue weighted by Gasteiger charge is -2.38. The van der Waals surface area contributed by atoms with Crippen molar-refractivity contribution in [2.45, 2.75) is 91.9 Å². The average molecular weight is 507 g/mol. The van der Waals surface area contributed by atoms with Crippen molar-refractivity contribution in [1.82, 2.24) is 0 Å². The summed E-state index contributed by atoms with van der Waals surface area (Å²) in [5.74, 6) is 1.52. The topological polar surface area (TPSA) is 0 Å². The Balaban J connectivity index is 2.15. The highest BCUT2D eigenvalue weighted by molar-refractivity contribution is 7.16.